The first kappa shape index (κ1) is 9.70. The molecule has 0 fully saturated rings. The van der Waals surface area contributed by atoms with Gasteiger partial charge in [0.2, 0.25) is 0 Å². The molecule has 0 aromatic carbocycles. The molecular formula is C9H12FN5. The number of aromatic amines is 1. The van der Waals surface area contributed by atoms with Gasteiger partial charge in [-0.15, -0.1) is 0 Å². The van der Waals surface area contributed by atoms with Gasteiger partial charge in [-0.05, 0) is 18.4 Å². The van der Waals surface area contributed by atoms with E-state index in [0.717, 1.165) is 5.56 Å². The van der Waals surface area contributed by atoms with E-state index < -0.39 is 5.82 Å². The zero-order valence-electron chi connectivity index (χ0n) is 8.37. The van der Waals surface area contributed by atoms with Crippen LogP contribution in [0.2, 0.25) is 0 Å². The summed E-state index contributed by atoms with van der Waals surface area (Å²) < 4.78 is 14.8. The van der Waals surface area contributed by atoms with E-state index in [0.29, 0.717) is 18.5 Å². The van der Waals surface area contributed by atoms with Crippen LogP contribution in [-0.4, -0.2) is 20.0 Å². The lowest BCUT2D eigenvalue weighted by atomic mass is 10.1. The van der Waals surface area contributed by atoms with Crippen molar-refractivity contribution in [2.75, 3.05) is 5.73 Å². The predicted molar refractivity (Wildman–Crippen MR) is 53.6 cm³/mol. The number of nitrogens with one attached hydrogen (secondary N) is 1. The number of rotatable bonds is 3. The minimum absolute atomic E-state index is 0.0807. The largest absolute Gasteiger partial charge is 0.381 e. The maximum absolute atomic E-state index is 13.4. The zero-order valence-corrected chi connectivity index (χ0v) is 8.37. The average molecular weight is 209 g/mol. The smallest absolute Gasteiger partial charge is 0.188 e. The molecule has 2 aromatic heterocycles. The Hall–Kier alpha value is -1.85. The molecule has 80 valence electrons. The maximum Gasteiger partial charge on any atom is 0.188 e. The predicted octanol–water partition coefficient (Wildman–Crippen LogP) is 0.650. The summed E-state index contributed by atoms with van der Waals surface area (Å²) in [6.07, 6.45) is 4.72. The molecule has 0 aliphatic rings. The summed E-state index contributed by atoms with van der Waals surface area (Å²) in [6, 6.07) is 0. The van der Waals surface area contributed by atoms with Crippen LogP contribution in [0.3, 0.4) is 0 Å². The SMILES string of the molecule is Cn1nc(CCc2cn[nH]c2)c(F)c1N. The van der Waals surface area contributed by atoms with Gasteiger partial charge in [-0.1, -0.05) is 0 Å². The molecule has 0 radical (unpaired) electrons. The standard InChI is InChI=1S/C9H12FN5/c1-15-9(11)8(10)7(14-15)3-2-6-4-12-13-5-6/h4-5H,2-3,11H2,1H3,(H,12,13). The van der Waals surface area contributed by atoms with E-state index in [9.17, 15) is 4.39 Å². The normalized spacial score (nSPS) is 10.8. The van der Waals surface area contributed by atoms with Gasteiger partial charge in [0.1, 0.15) is 5.69 Å². The van der Waals surface area contributed by atoms with Gasteiger partial charge in [0.15, 0.2) is 11.6 Å². The van der Waals surface area contributed by atoms with Crippen molar-refractivity contribution in [1.82, 2.24) is 20.0 Å². The minimum Gasteiger partial charge on any atom is -0.381 e. The number of nitrogens with zero attached hydrogens (tertiary/aromatic N) is 3. The number of halogens is 1. The van der Waals surface area contributed by atoms with Crippen molar-refractivity contribution in [3.05, 3.63) is 29.5 Å². The lowest BCUT2D eigenvalue weighted by Gasteiger charge is -1.93. The highest BCUT2D eigenvalue weighted by Gasteiger charge is 2.12. The fourth-order valence-electron chi connectivity index (χ4n) is 1.41. The van der Waals surface area contributed by atoms with Crippen molar-refractivity contribution in [2.24, 2.45) is 7.05 Å². The quantitative estimate of drug-likeness (QED) is 0.779. The Morgan fingerprint density at radius 3 is 2.87 bits per heavy atom. The number of aromatic nitrogens is 4. The third-order valence-corrected chi connectivity index (χ3v) is 2.30. The molecule has 6 heteroatoms. The lowest BCUT2D eigenvalue weighted by Crippen LogP contribution is -1.98. The molecule has 3 N–H and O–H groups in total. The zero-order chi connectivity index (χ0) is 10.8. The Labute approximate surface area is 86.1 Å². The highest BCUT2D eigenvalue weighted by Crippen LogP contribution is 2.14. The van der Waals surface area contributed by atoms with Gasteiger partial charge in [0.05, 0.1) is 6.20 Å². The van der Waals surface area contributed by atoms with Crippen molar-refractivity contribution >= 4 is 5.82 Å². The topological polar surface area (TPSA) is 72.5 Å². The second-order valence-electron chi connectivity index (χ2n) is 3.38. The molecular weight excluding hydrogens is 197 g/mol. The first-order valence-corrected chi connectivity index (χ1v) is 4.63. The molecule has 0 unspecified atom stereocenters. The fourth-order valence-corrected chi connectivity index (χ4v) is 1.41. The van der Waals surface area contributed by atoms with E-state index in [1.165, 1.54) is 4.68 Å². The molecule has 0 saturated carbocycles. The van der Waals surface area contributed by atoms with E-state index in [2.05, 4.69) is 15.3 Å². The van der Waals surface area contributed by atoms with Crippen LogP contribution in [0.1, 0.15) is 11.3 Å². The second kappa shape index (κ2) is 3.72. The first-order valence-electron chi connectivity index (χ1n) is 4.63. The molecule has 0 saturated heterocycles. The van der Waals surface area contributed by atoms with Gasteiger partial charge in [-0.25, -0.2) is 4.39 Å². The van der Waals surface area contributed by atoms with Crippen molar-refractivity contribution in [1.29, 1.82) is 0 Å². The van der Waals surface area contributed by atoms with Crippen LogP contribution in [0.4, 0.5) is 10.2 Å². The van der Waals surface area contributed by atoms with E-state index in [4.69, 9.17) is 5.73 Å². The Balaban J connectivity index is 2.08. The molecule has 0 spiro atoms. The third-order valence-electron chi connectivity index (χ3n) is 2.30. The molecule has 0 aliphatic carbocycles. The fraction of sp³-hybridized carbons (Fsp3) is 0.333. The molecule has 2 aromatic rings. The Morgan fingerprint density at radius 2 is 2.33 bits per heavy atom. The van der Waals surface area contributed by atoms with Crippen LogP contribution in [0.5, 0.6) is 0 Å². The number of aryl methyl sites for hydroxylation is 3. The van der Waals surface area contributed by atoms with E-state index >= 15 is 0 Å². The first-order chi connectivity index (χ1) is 7.18. The number of hydrogen-bond acceptors (Lipinski definition) is 3. The summed E-state index contributed by atoms with van der Waals surface area (Å²) in [4.78, 5) is 0. The number of H-pyrrole nitrogens is 1. The summed E-state index contributed by atoms with van der Waals surface area (Å²) >= 11 is 0. The average Bonchev–Trinajstić information content (AvgIpc) is 2.80. The molecule has 0 atom stereocenters. The van der Waals surface area contributed by atoms with Crippen molar-refractivity contribution in [2.45, 2.75) is 12.8 Å². The second-order valence-corrected chi connectivity index (χ2v) is 3.38. The highest BCUT2D eigenvalue weighted by atomic mass is 19.1. The number of nitrogens with two attached hydrogens (primary N) is 1. The summed E-state index contributed by atoms with van der Waals surface area (Å²) in [6.45, 7) is 0. The van der Waals surface area contributed by atoms with Crippen LogP contribution >= 0.6 is 0 Å². The lowest BCUT2D eigenvalue weighted by molar-refractivity contribution is 0.612. The Bertz CT molecular complexity index is 445. The molecule has 0 amide bonds. The summed E-state index contributed by atoms with van der Waals surface area (Å²) in [5.74, 6) is -0.335. The monoisotopic (exact) mass is 209 g/mol. The Kier molecular flexibility index (Phi) is 2.40. The number of hydrogen-bond donors (Lipinski definition) is 2. The third kappa shape index (κ3) is 1.83. The van der Waals surface area contributed by atoms with Crippen LogP contribution in [0.25, 0.3) is 0 Å². The van der Waals surface area contributed by atoms with Crippen LogP contribution in [0, 0.1) is 5.82 Å². The van der Waals surface area contributed by atoms with Gasteiger partial charge >= 0.3 is 0 Å². The van der Waals surface area contributed by atoms with Crippen LogP contribution < -0.4 is 5.73 Å². The van der Waals surface area contributed by atoms with Crippen LogP contribution in [0.15, 0.2) is 12.4 Å². The van der Waals surface area contributed by atoms with Crippen molar-refractivity contribution < 1.29 is 4.39 Å². The van der Waals surface area contributed by atoms with E-state index in [1.54, 1.807) is 19.4 Å². The molecule has 2 rings (SSSR count). The van der Waals surface area contributed by atoms with Gasteiger partial charge in [0, 0.05) is 13.2 Å². The molecule has 5 nitrogen and oxygen atoms in total. The maximum atomic E-state index is 13.4. The highest BCUT2D eigenvalue weighted by molar-refractivity contribution is 5.33. The van der Waals surface area contributed by atoms with Gasteiger partial charge in [-0.3, -0.25) is 9.78 Å². The summed E-state index contributed by atoms with van der Waals surface area (Å²) in [7, 11) is 1.62. The molecule has 15 heavy (non-hydrogen) atoms. The molecule has 0 aliphatic heterocycles. The van der Waals surface area contributed by atoms with Crippen molar-refractivity contribution in [3.63, 3.8) is 0 Å². The van der Waals surface area contributed by atoms with Gasteiger partial charge < -0.3 is 5.73 Å². The summed E-state index contributed by atoms with van der Waals surface area (Å²) in [5, 5.41) is 10.5. The molecule has 2 heterocycles. The number of anilines is 1. The van der Waals surface area contributed by atoms with Crippen LogP contribution in [-0.2, 0) is 19.9 Å². The number of nitrogen functional groups attached to an aromatic ring is 1. The Morgan fingerprint density at radius 1 is 1.53 bits per heavy atom. The van der Waals surface area contributed by atoms with E-state index in [-0.39, 0.29) is 5.82 Å². The summed E-state index contributed by atoms with van der Waals surface area (Å²) in [5.41, 5.74) is 6.88. The van der Waals surface area contributed by atoms with Crippen molar-refractivity contribution in [3.8, 4) is 0 Å². The molecule has 0 bridgehead atoms. The van der Waals surface area contributed by atoms with Gasteiger partial charge in [-0.2, -0.15) is 10.2 Å². The van der Waals surface area contributed by atoms with Gasteiger partial charge in [0.25, 0.3) is 0 Å². The minimum atomic E-state index is -0.416. The van der Waals surface area contributed by atoms with E-state index in [1.807, 2.05) is 0 Å².